The predicted molar refractivity (Wildman–Crippen MR) is 92.5 cm³/mol. The largest absolute Gasteiger partial charge is 0.454 e. The second-order valence-electron chi connectivity index (χ2n) is 5.25. The zero-order chi connectivity index (χ0) is 16.9. The van der Waals surface area contributed by atoms with Crippen LogP contribution >= 0.6 is 11.3 Å². The Morgan fingerprint density at radius 1 is 1.17 bits per heavy atom. The molecule has 2 heterocycles. The van der Waals surface area contributed by atoms with Crippen molar-refractivity contribution in [2.75, 3.05) is 5.32 Å². The molecule has 0 saturated heterocycles. The molecule has 1 aromatic carbocycles. The van der Waals surface area contributed by atoms with E-state index in [2.05, 4.69) is 20.3 Å². The fourth-order valence-corrected chi connectivity index (χ4v) is 2.62. The summed E-state index contributed by atoms with van der Waals surface area (Å²) in [6.45, 7) is 3.94. The first-order valence-electron chi connectivity index (χ1n) is 7.34. The molecule has 122 valence electrons. The number of nitrogens with zero attached hydrogens (tertiary/aromatic N) is 3. The van der Waals surface area contributed by atoms with Crippen LogP contribution in [-0.2, 0) is 11.3 Å². The van der Waals surface area contributed by atoms with E-state index in [9.17, 15) is 4.79 Å². The molecule has 0 fully saturated rings. The number of thiazole rings is 1. The Morgan fingerprint density at radius 3 is 2.67 bits per heavy atom. The van der Waals surface area contributed by atoms with Crippen LogP contribution in [0.25, 0.3) is 0 Å². The molecule has 6 nitrogen and oxygen atoms in total. The van der Waals surface area contributed by atoms with Crippen molar-refractivity contribution in [1.29, 1.82) is 0 Å². The second kappa shape index (κ2) is 7.18. The van der Waals surface area contributed by atoms with E-state index in [1.54, 1.807) is 6.92 Å². The monoisotopic (exact) mass is 340 g/mol. The number of benzene rings is 1. The average Bonchev–Trinajstić information content (AvgIpc) is 3.03. The lowest BCUT2D eigenvalue weighted by Gasteiger charge is -2.03. The summed E-state index contributed by atoms with van der Waals surface area (Å²) in [7, 11) is 0. The quantitative estimate of drug-likeness (QED) is 0.714. The SMILES string of the molecule is Cc1ccc(Nc2nc(COC(=O)c3cnc(C)cn3)cs2)cc1. The lowest BCUT2D eigenvalue weighted by molar-refractivity contribution is 0.0461. The number of carbonyl (C=O) groups is 1. The number of hydrogen-bond acceptors (Lipinski definition) is 7. The molecule has 1 N–H and O–H groups in total. The van der Waals surface area contributed by atoms with Crippen molar-refractivity contribution >= 4 is 28.1 Å². The number of rotatable bonds is 5. The molecule has 0 aliphatic carbocycles. The number of carbonyl (C=O) groups excluding carboxylic acids is 1. The molecule has 0 unspecified atom stereocenters. The normalized spacial score (nSPS) is 10.4. The summed E-state index contributed by atoms with van der Waals surface area (Å²) in [5.74, 6) is -0.511. The van der Waals surface area contributed by atoms with Gasteiger partial charge in [-0.2, -0.15) is 0 Å². The molecule has 0 atom stereocenters. The maximum absolute atomic E-state index is 11.9. The van der Waals surface area contributed by atoms with Crippen molar-refractivity contribution in [3.8, 4) is 0 Å². The summed E-state index contributed by atoms with van der Waals surface area (Å²) in [6.07, 6.45) is 2.94. The van der Waals surface area contributed by atoms with E-state index in [1.165, 1.54) is 29.3 Å². The minimum absolute atomic E-state index is 0.0977. The Morgan fingerprint density at radius 2 is 1.96 bits per heavy atom. The molecule has 7 heteroatoms. The molecule has 0 radical (unpaired) electrons. The van der Waals surface area contributed by atoms with Crippen molar-refractivity contribution in [2.24, 2.45) is 0 Å². The third-order valence-electron chi connectivity index (χ3n) is 3.20. The van der Waals surface area contributed by atoms with Crippen molar-refractivity contribution in [3.05, 3.63) is 64.7 Å². The van der Waals surface area contributed by atoms with Crippen LogP contribution in [0.2, 0.25) is 0 Å². The molecular formula is C17H16N4O2S. The standard InChI is InChI=1S/C17H16N4O2S/c1-11-3-5-13(6-4-11)20-17-21-14(10-24-17)9-23-16(22)15-8-18-12(2)7-19-15/h3-8,10H,9H2,1-2H3,(H,20,21). The summed E-state index contributed by atoms with van der Waals surface area (Å²) in [5.41, 5.74) is 3.79. The molecule has 0 saturated carbocycles. The van der Waals surface area contributed by atoms with Crippen molar-refractivity contribution in [2.45, 2.75) is 20.5 Å². The van der Waals surface area contributed by atoms with E-state index >= 15 is 0 Å². The number of esters is 1. The van der Waals surface area contributed by atoms with Gasteiger partial charge in [0.2, 0.25) is 0 Å². The number of nitrogens with one attached hydrogen (secondary N) is 1. The third kappa shape index (κ3) is 4.14. The lowest BCUT2D eigenvalue weighted by atomic mass is 10.2. The van der Waals surface area contributed by atoms with Crippen molar-refractivity contribution < 1.29 is 9.53 Å². The van der Waals surface area contributed by atoms with Gasteiger partial charge in [0.1, 0.15) is 6.61 Å². The zero-order valence-electron chi connectivity index (χ0n) is 13.3. The fourth-order valence-electron chi connectivity index (χ4n) is 1.90. The van der Waals surface area contributed by atoms with Crippen LogP contribution in [0.3, 0.4) is 0 Å². The molecule has 24 heavy (non-hydrogen) atoms. The molecule has 0 aliphatic rings. The van der Waals surface area contributed by atoms with E-state index < -0.39 is 5.97 Å². The highest BCUT2D eigenvalue weighted by Crippen LogP contribution is 2.21. The maximum Gasteiger partial charge on any atom is 0.358 e. The molecule has 0 spiro atoms. The number of ether oxygens (including phenoxy) is 1. The molecule has 0 bridgehead atoms. The molecule has 0 amide bonds. The number of aryl methyl sites for hydroxylation is 2. The van der Waals surface area contributed by atoms with Crippen LogP contribution in [-0.4, -0.2) is 20.9 Å². The molecule has 3 aromatic rings. The summed E-state index contributed by atoms with van der Waals surface area (Å²) in [5, 5.41) is 5.82. The van der Waals surface area contributed by atoms with Gasteiger partial charge in [-0.3, -0.25) is 4.98 Å². The van der Waals surface area contributed by atoms with E-state index in [4.69, 9.17) is 4.74 Å². The highest BCUT2D eigenvalue weighted by molar-refractivity contribution is 7.13. The first-order chi connectivity index (χ1) is 11.6. The van der Waals surface area contributed by atoms with Gasteiger partial charge in [0.05, 0.1) is 17.6 Å². The Labute approximate surface area is 143 Å². The second-order valence-corrected chi connectivity index (χ2v) is 6.11. The van der Waals surface area contributed by atoms with Crippen molar-refractivity contribution in [3.63, 3.8) is 0 Å². The first-order valence-corrected chi connectivity index (χ1v) is 8.22. The third-order valence-corrected chi connectivity index (χ3v) is 4.00. The smallest absolute Gasteiger partial charge is 0.358 e. The van der Waals surface area contributed by atoms with Gasteiger partial charge in [-0.1, -0.05) is 17.7 Å². The Bertz CT molecular complexity index is 829. The van der Waals surface area contributed by atoms with Crippen molar-refractivity contribution in [1.82, 2.24) is 15.0 Å². The van der Waals surface area contributed by atoms with E-state index in [1.807, 2.05) is 36.6 Å². The van der Waals surface area contributed by atoms with Gasteiger partial charge in [-0.15, -0.1) is 11.3 Å². The predicted octanol–water partition coefficient (Wildman–Crippen LogP) is 3.65. The topological polar surface area (TPSA) is 77.0 Å². The average molecular weight is 340 g/mol. The van der Waals surface area contributed by atoms with E-state index in [0.29, 0.717) is 5.69 Å². The maximum atomic E-state index is 11.9. The van der Waals surface area contributed by atoms with Crippen LogP contribution in [0, 0.1) is 13.8 Å². The van der Waals surface area contributed by atoms with Gasteiger partial charge >= 0.3 is 5.97 Å². The number of anilines is 2. The van der Waals surface area contributed by atoms with Gasteiger partial charge in [0, 0.05) is 17.3 Å². The van der Waals surface area contributed by atoms with Crippen LogP contribution in [0.5, 0.6) is 0 Å². The van der Waals surface area contributed by atoms with E-state index in [-0.39, 0.29) is 12.3 Å². The lowest BCUT2D eigenvalue weighted by Crippen LogP contribution is -2.08. The van der Waals surface area contributed by atoms with Crippen LogP contribution < -0.4 is 5.32 Å². The van der Waals surface area contributed by atoms with Crippen LogP contribution in [0.1, 0.15) is 27.4 Å². The van der Waals surface area contributed by atoms with Gasteiger partial charge in [0.25, 0.3) is 0 Å². The molecule has 0 aliphatic heterocycles. The molecule has 3 rings (SSSR count). The van der Waals surface area contributed by atoms with E-state index in [0.717, 1.165) is 16.5 Å². The minimum atomic E-state index is -0.511. The van der Waals surface area contributed by atoms with Gasteiger partial charge in [-0.05, 0) is 26.0 Å². The molecule has 2 aromatic heterocycles. The highest BCUT2D eigenvalue weighted by atomic mass is 32.1. The zero-order valence-corrected chi connectivity index (χ0v) is 14.1. The Balaban J connectivity index is 1.56. The summed E-state index contributed by atoms with van der Waals surface area (Å²) in [4.78, 5) is 24.3. The number of aromatic nitrogens is 3. The van der Waals surface area contributed by atoms with Gasteiger partial charge in [0.15, 0.2) is 10.8 Å². The summed E-state index contributed by atoms with van der Waals surface area (Å²) < 4.78 is 5.21. The van der Waals surface area contributed by atoms with Crippen LogP contribution in [0.15, 0.2) is 42.0 Å². The van der Waals surface area contributed by atoms with Crippen LogP contribution in [0.4, 0.5) is 10.8 Å². The summed E-state index contributed by atoms with van der Waals surface area (Å²) in [6, 6.07) is 8.04. The summed E-state index contributed by atoms with van der Waals surface area (Å²) >= 11 is 1.46. The molecular weight excluding hydrogens is 324 g/mol. The Hall–Kier alpha value is -2.80. The highest BCUT2D eigenvalue weighted by Gasteiger charge is 2.11. The van der Waals surface area contributed by atoms with Gasteiger partial charge in [-0.25, -0.2) is 14.8 Å². The Kier molecular flexibility index (Phi) is 4.81. The van der Waals surface area contributed by atoms with Gasteiger partial charge < -0.3 is 10.1 Å². The fraction of sp³-hybridized carbons (Fsp3) is 0.176. The first kappa shape index (κ1) is 16.1. The number of hydrogen-bond donors (Lipinski definition) is 1. The minimum Gasteiger partial charge on any atom is -0.454 e.